The summed E-state index contributed by atoms with van der Waals surface area (Å²) in [6, 6.07) is 0. The predicted molar refractivity (Wildman–Crippen MR) is 53.9 cm³/mol. The highest BCUT2D eigenvalue weighted by Crippen LogP contribution is 2.08. The van der Waals surface area contributed by atoms with E-state index in [2.05, 4.69) is 31.2 Å². The van der Waals surface area contributed by atoms with Gasteiger partial charge in [-0.25, -0.2) is 4.68 Å². The Morgan fingerprint density at radius 3 is 3.08 bits per heavy atom. The molecule has 0 saturated carbocycles. The van der Waals surface area contributed by atoms with Gasteiger partial charge in [-0.15, -0.1) is 16.4 Å². The summed E-state index contributed by atoms with van der Waals surface area (Å²) in [5, 5.41) is 8.69. The number of thiazole rings is 1. The minimum Gasteiger partial charge on any atom is -0.253 e. The van der Waals surface area contributed by atoms with Crippen LogP contribution in [0.1, 0.15) is 10.6 Å². The molecule has 2 aromatic heterocycles. The fraction of sp³-hybridized carbons (Fsp3) is 0.286. The number of rotatable bonds is 3. The predicted octanol–water partition coefficient (Wildman–Crippen LogP) is 1.68. The van der Waals surface area contributed by atoms with Crippen LogP contribution in [0.4, 0.5) is 0 Å². The summed E-state index contributed by atoms with van der Waals surface area (Å²) in [6.07, 6.45) is 3.77. The molecule has 68 valence electrons. The lowest BCUT2D eigenvalue weighted by Crippen LogP contribution is -1.98. The fourth-order valence-electron chi connectivity index (χ4n) is 0.957. The molecule has 0 aliphatic heterocycles. The maximum atomic E-state index is 3.99. The lowest BCUT2D eigenvalue weighted by atomic mass is 10.5. The van der Waals surface area contributed by atoms with Gasteiger partial charge in [-0.2, -0.15) is 0 Å². The van der Waals surface area contributed by atoms with E-state index >= 15 is 0 Å². The van der Waals surface area contributed by atoms with E-state index in [-0.39, 0.29) is 0 Å². The van der Waals surface area contributed by atoms with Crippen LogP contribution in [0, 0.1) is 0 Å². The molecule has 2 aromatic rings. The number of aromatic nitrogens is 4. The van der Waals surface area contributed by atoms with Crippen LogP contribution >= 0.6 is 27.3 Å². The zero-order valence-electron chi connectivity index (χ0n) is 6.72. The van der Waals surface area contributed by atoms with Crippen LogP contribution in [0.25, 0.3) is 0 Å². The number of halogens is 1. The SMILES string of the molecule is BrCc1cn(Cc2cncs2)nn1. The molecular weight excluding hydrogens is 252 g/mol. The third-order valence-corrected chi connectivity index (χ3v) is 2.86. The number of hydrogen-bond donors (Lipinski definition) is 0. The molecule has 0 N–H and O–H groups in total. The number of alkyl halides is 1. The highest BCUT2D eigenvalue weighted by Gasteiger charge is 2.00. The second kappa shape index (κ2) is 3.97. The van der Waals surface area contributed by atoms with Crippen molar-refractivity contribution in [2.45, 2.75) is 11.9 Å². The Balaban J connectivity index is 2.10. The van der Waals surface area contributed by atoms with Gasteiger partial charge in [-0.1, -0.05) is 21.1 Å². The Kier molecular flexibility index (Phi) is 2.70. The third kappa shape index (κ3) is 2.13. The van der Waals surface area contributed by atoms with Gasteiger partial charge < -0.3 is 0 Å². The molecule has 0 aliphatic carbocycles. The van der Waals surface area contributed by atoms with Crippen molar-refractivity contribution >= 4 is 27.3 Å². The molecule has 0 amide bonds. The number of hydrogen-bond acceptors (Lipinski definition) is 4. The van der Waals surface area contributed by atoms with Crippen LogP contribution in [0.3, 0.4) is 0 Å². The van der Waals surface area contributed by atoms with E-state index < -0.39 is 0 Å². The second-order valence-electron chi connectivity index (χ2n) is 2.51. The summed E-state index contributed by atoms with van der Waals surface area (Å²) in [5.74, 6) is 0. The Bertz CT molecular complexity index is 370. The van der Waals surface area contributed by atoms with Crippen LogP contribution in [-0.4, -0.2) is 20.0 Å². The molecule has 0 radical (unpaired) electrons. The second-order valence-corrected chi connectivity index (χ2v) is 4.04. The first-order chi connectivity index (χ1) is 6.38. The molecule has 6 heteroatoms. The standard InChI is InChI=1S/C7H7BrN4S/c8-1-6-3-12(11-10-6)4-7-2-9-5-13-7/h2-3,5H,1,4H2. The van der Waals surface area contributed by atoms with Gasteiger partial charge in [0.2, 0.25) is 0 Å². The van der Waals surface area contributed by atoms with Crippen molar-refractivity contribution in [2.24, 2.45) is 0 Å². The first-order valence-electron chi connectivity index (χ1n) is 3.71. The third-order valence-electron chi connectivity index (χ3n) is 1.52. The van der Waals surface area contributed by atoms with Gasteiger partial charge in [-0.05, 0) is 0 Å². The average Bonchev–Trinajstić information content (AvgIpc) is 2.76. The van der Waals surface area contributed by atoms with Crippen molar-refractivity contribution in [3.63, 3.8) is 0 Å². The molecule has 0 unspecified atom stereocenters. The largest absolute Gasteiger partial charge is 0.253 e. The highest BCUT2D eigenvalue weighted by atomic mass is 79.9. The maximum absolute atomic E-state index is 3.99. The first-order valence-corrected chi connectivity index (χ1v) is 5.71. The van der Waals surface area contributed by atoms with Crippen LogP contribution in [0.2, 0.25) is 0 Å². The molecule has 0 fully saturated rings. The van der Waals surface area contributed by atoms with Crippen molar-refractivity contribution in [1.82, 2.24) is 20.0 Å². The zero-order valence-corrected chi connectivity index (χ0v) is 9.12. The summed E-state index contributed by atoms with van der Waals surface area (Å²) in [5.41, 5.74) is 2.77. The smallest absolute Gasteiger partial charge is 0.0932 e. The van der Waals surface area contributed by atoms with Crippen LogP contribution in [0.15, 0.2) is 17.9 Å². The van der Waals surface area contributed by atoms with Crippen molar-refractivity contribution in [2.75, 3.05) is 0 Å². The molecule has 0 saturated heterocycles. The molecule has 0 atom stereocenters. The van der Waals surface area contributed by atoms with E-state index in [1.165, 1.54) is 4.88 Å². The molecule has 0 spiro atoms. The topological polar surface area (TPSA) is 43.6 Å². The molecule has 0 aliphatic rings. The van der Waals surface area contributed by atoms with Crippen LogP contribution in [-0.2, 0) is 11.9 Å². The van der Waals surface area contributed by atoms with Gasteiger partial charge in [0, 0.05) is 22.6 Å². The molecule has 2 heterocycles. The molecule has 0 bridgehead atoms. The minimum atomic E-state index is 0.746. The minimum absolute atomic E-state index is 0.746. The van der Waals surface area contributed by atoms with Gasteiger partial charge >= 0.3 is 0 Å². The van der Waals surface area contributed by atoms with Crippen molar-refractivity contribution in [3.05, 3.63) is 28.5 Å². The lowest BCUT2D eigenvalue weighted by Gasteiger charge is -1.93. The summed E-state index contributed by atoms with van der Waals surface area (Å²) >= 11 is 4.95. The summed E-state index contributed by atoms with van der Waals surface area (Å²) in [4.78, 5) is 5.18. The van der Waals surface area contributed by atoms with E-state index in [9.17, 15) is 0 Å². The van der Waals surface area contributed by atoms with E-state index in [0.29, 0.717) is 0 Å². The summed E-state index contributed by atoms with van der Waals surface area (Å²) in [7, 11) is 0. The Morgan fingerprint density at radius 1 is 1.54 bits per heavy atom. The Hall–Kier alpha value is -0.750. The number of nitrogens with zero attached hydrogens (tertiary/aromatic N) is 4. The molecule has 2 rings (SSSR count). The van der Waals surface area contributed by atoms with E-state index in [1.807, 2.05) is 22.6 Å². The first kappa shape index (κ1) is 8.83. The summed E-state index contributed by atoms with van der Waals surface area (Å²) in [6.45, 7) is 0.755. The zero-order chi connectivity index (χ0) is 9.10. The normalized spacial score (nSPS) is 10.5. The van der Waals surface area contributed by atoms with Crippen molar-refractivity contribution in [1.29, 1.82) is 0 Å². The quantitative estimate of drug-likeness (QED) is 0.787. The van der Waals surface area contributed by atoms with Gasteiger partial charge in [-0.3, -0.25) is 4.98 Å². The average molecular weight is 259 g/mol. The monoisotopic (exact) mass is 258 g/mol. The summed E-state index contributed by atoms with van der Waals surface area (Å²) < 4.78 is 1.81. The molecular formula is C7H7BrN4S. The van der Waals surface area contributed by atoms with Gasteiger partial charge in [0.1, 0.15) is 0 Å². The molecule has 13 heavy (non-hydrogen) atoms. The fourth-order valence-corrected chi connectivity index (χ4v) is 1.80. The highest BCUT2D eigenvalue weighted by molar-refractivity contribution is 9.08. The van der Waals surface area contributed by atoms with E-state index in [1.54, 1.807) is 11.3 Å². The van der Waals surface area contributed by atoms with Crippen molar-refractivity contribution in [3.8, 4) is 0 Å². The molecule has 0 aromatic carbocycles. The lowest BCUT2D eigenvalue weighted by molar-refractivity contribution is 0.655. The van der Waals surface area contributed by atoms with Gasteiger partial charge in [0.15, 0.2) is 0 Å². The van der Waals surface area contributed by atoms with Gasteiger partial charge in [0.25, 0.3) is 0 Å². The van der Waals surface area contributed by atoms with E-state index in [4.69, 9.17) is 0 Å². The van der Waals surface area contributed by atoms with Crippen molar-refractivity contribution < 1.29 is 0 Å². The Morgan fingerprint density at radius 2 is 2.46 bits per heavy atom. The Labute approximate surface area is 87.7 Å². The van der Waals surface area contributed by atoms with E-state index in [0.717, 1.165) is 17.6 Å². The molecule has 4 nitrogen and oxygen atoms in total. The van der Waals surface area contributed by atoms with Gasteiger partial charge in [0.05, 0.1) is 17.7 Å². The van der Waals surface area contributed by atoms with Crippen LogP contribution in [0.5, 0.6) is 0 Å². The van der Waals surface area contributed by atoms with Crippen LogP contribution < -0.4 is 0 Å². The maximum Gasteiger partial charge on any atom is 0.0932 e.